The first-order valence-corrected chi connectivity index (χ1v) is 7.66. The molecule has 9 heteroatoms. The van der Waals surface area contributed by atoms with Gasteiger partial charge < -0.3 is 5.32 Å². The molecule has 2 aromatic carbocycles. The van der Waals surface area contributed by atoms with E-state index in [0.717, 1.165) is 0 Å². The van der Waals surface area contributed by atoms with E-state index in [2.05, 4.69) is 10.4 Å². The Balaban J connectivity index is 1.76. The van der Waals surface area contributed by atoms with E-state index in [1.54, 1.807) is 6.07 Å². The van der Waals surface area contributed by atoms with E-state index in [1.165, 1.54) is 53.5 Å². The molecule has 0 unspecified atom stereocenters. The van der Waals surface area contributed by atoms with Gasteiger partial charge in [0.05, 0.1) is 33.0 Å². The highest BCUT2D eigenvalue weighted by atomic mass is 35.5. The van der Waals surface area contributed by atoms with Crippen LogP contribution in [0.25, 0.3) is 5.69 Å². The van der Waals surface area contributed by atoms with Crippen LogP contribution in [-0.4, -0.2) is 20.6 Å². The molecule has 0 atom stereocenters. The number of nitrogens with zero attached hydrogens (tertiary/aromatic N) is 4. The fraction of sp³-hybridized carbons (Fsp3) is 0. The summed E-state index contributed by atoms with van der Waals surface area (Å²) in [6.07, 6.45) is 2.88. The van der Waals surface area contributed by atoms with Gasteiger partial charge in [0, 0.05) is 24.0 Å². The molecule has 0 fully saturated rings. The monoisotopic (exact) mass is 367 g/mol. The molecule has 0 radical (unpaired) electrons. The normalized spacial score (nSPS) is 10.2. The standard InChI is InChI=1S/C17H10ClN5O3/c18-16-7-13(2-1-11(16)8-19)21-17(24)12-9-20-22(10-12)14-3-5-15(6-4-14)23(25)26/h1-7,9-10H,(H,21,24). The van der Waals surface area contributed by atoms with Crippen LogP contribution < -0.4 is 5.32 Å². The molecule has 3 aromatic rings. The van der Waals surface area contributed by atoms with Crippen molar-refractivity contribution < 1.29 is 9.72 Å². The van der Waals surface area contributed by atoms with Crippen molar-refractivity contribution in [3.8, 4) is 11.8 Å². The topological polar surface area (TPSA) is 114 Å². The molecule has 0 aliphatic heterocycles. The number of amides is 1. The molecule has 0 spiro atoms. The van der Waals surface area contributed by atoms with Crippen LogP contribution in [-0.2, 0) is 0 Å². The number of nitro groups is 1. The quantitative estimate of drug-likeness (QED) is 0.559. The van der Waals surface area contributed by atoms with Crippen molar-refractivity contribution in [3.05, 3.63) is 81.1 Å². The van der Waals surface area contributed by atoms with Crippen molar-refractivity contribution in [2.45, 2.75) is 0 Å². The summed E-state index contributed by atoms with van der Waals surface area (Å²) in [5, 5.41) is 26.5. The lowest BCUT2D eigenvalue weighted by molar-refractivity contribution is -0.384. The lowest BCUT2D eigenvalue weighted by atomic mass is 10.2. The predicted molar refractivity (Wildman–Crippen MR) is 94.3 cm³/mol. The van der Waals surface area contributed by atoms with Gasteiger partial charge >= 0.3 is 0 Å². The number of hydrogen-bond acceptors (Lipinski definition) is 5. The zero-order chi connectivity index (χ0) is 18.7. The summed E-state index contributed by atoms with van der Waals surface area (Å²) < 4.78 is 1.43. The zero-order valence-corrected chi connectivity index (χ0v) is 13.8. The van der Waals surface area contributed by atoms with Crippen LogP contribution in [0, 0.1) is 21.4 Å². The Morgan fingerprint density at radius 2 is 2.00 bits per heavy atom. The second kappa shape index (κ2) is 7.04. The lowest BCUT2D eigenvalue weighted by Crippen LogP contribution is -2.11. The van der Waals surface area contributed by atoms with E-state index in [0.29, 0.717) is 22.5 Å². The third kappa shape index (κ3) is 3.53. The highest BCUT2D eigenvalue weighted by Crippen LogP contribution is 2.21. The minimum Gasteiger partial charge on any atom is -0.322 e. The Hall–Kier alpha value is -3.70. The van der Waals surface area contributed by atoms with Crippen molar-refractivity contribution in [3.63, 3.8) is 0 Å². The summed E-state index contributed by atoms with van der Waals surface area (Å²) in [7, 11) is 0. The largest absolute Gasteiger partial charge is 0.322 e. The van der Waals surface area contributed by atoms with Crippen LogP contribution in [0.4, 0.5) is 11.4 Å². The molecule has 1 aromatic heterocycles. The molecule has 0 aliphatic carbocycles. The van der Waals surface area contributed by atoms with Gasteiger partial charge in [0.15, 0.2) is 0 Å². The molecule has 1 heterocycles. The van der Waals surface area contributed by atoms with E-state index in [-0.39, 0.29) is 10.7 Å². The Morgan fingerprint density at radius 3 is 2.62 bits per heavy atom. The number of aromatic nitrogens is 2. The molecule has 0 aliphatic rings. The van der Waals surface area contributed by atoms with Gasteiger partial charge in [0.2, 0.25) is 0 Å². The molecule has 1 amide bonds. The minimum atomic E-state index is -0.492. The Kier molecular flexibility index (Phi) is 4.64. The van der Waals surface area contributed by atoms with Crippen LogP contribution in [0.2, 0.25) is 5.02 Å². The van der Waals surface area contributed by atoms with Gasteiger partial charge in [-0.2, -0.15) is 10.4 Å². The smallest absolute Gasteiger partial charge is 0.269 e. The Bertz CT molecular complexity index is 1040. The molecule has 8 nitrogen and oxygen atoms in total. The summed E-state index contributed by atoms with van der Waals surface area (Å²) in [6, 6.07) is 12.3. The number of nitrogens with one attached hydrogen (secondary N) is 1. The van der Waals surface area contributed by atoms with Gasteiger partial charge in [-0.25, -0.2) is 4.68 Å². The summed E-state index contributed by atoms with van der Waals surface area (Å²) in [6.45, 7) is 0. The van der Waals surface area contributed by atoms with Crippen LogP contribution in [0.15, 0.2) is 54.9 Å². The van der Waals surface area contributed by atoms with Gasteiger partial charge in [-0.1, -0.05) is 11.6 Å². The van der Waals surface area contributed by atoms with Gasteiger partial charge in [-0.3, -0.25) is 14.9 Å². The Labute approximate surface area is 152 Å². The van der Waals surface area contributed by atoms with Crippen LogP contribution in [0.3, 0.4) is 0 Å². The van der Waals surface area contributed by atoms with E-state index in [1.807, 2.05) is 6.07 Å². The molecule has 0 saturated carbocycles. The number of carbonyl (C=O) groups excluding carboxylic acids is 1. The predicted octanol–water partition coefficient (Wildman–Crippen LogP) is 3.56. The van der Waals surface area contributed by atoms with Gasteiger partial charge in [-0.05, 0) is 30.3 Å². The maximum atomic E-state index is 12.3. The van der Waals surface area contributed by atoms with E-state index in [4.69, 9.17) is 16.9 Å². The number of hydrogen-bond donors (Lipinski definition) is 1. The molecule has 128 valence electrons. The SMILES string of the molecule is N#Cc1ccc(NC(=O)c2cnn(-c3ccc([N+](=O)[O-])cc3)c2)cc1Cl. The zero-order valence-electron chi connectivity index (χ0n) is 13.1. The molecular formula is C17H10ClN5O3. The van der Waals surface area contributed by atoms with Gasteiger partial charge in [0.25, 0.3) is 11.6 Å². The number of benzene rings is 2. The van der Waals surface area contributed by atoms with Gasteiger partial charge in [0.1, 0.15) is 6.07 Å². The van der Waals surface area contributed by atoms with Crippen LogP contribution >= 0.6 is 11.6 Å². The van der Waals surface area contributed by atoms with E-state index in [9.17, 15) is 14.9 Å². The minimum absolute atomic E-state index is 0.0310. The fourth-order valence-electron chi connectivity index (χ4n) is 2.20. The summed E-state index contributed by atoms with van der Waals surface area (Å²) in [5.74, 6) is -0.404. The average Bonchev–Trinajstić information content (AvgIpc) is 3.12. The third-order valence-corrected chi connectivity index (χ3v) is 3.83. The first-order valence-electron chi connectivity index (χ1n) is 7.28. The highest BCUT2D eigenvalue weighted by molar-refractivity contribution is 6.32. The molecule has 3 rings (SSSR count). The van der Waals surface area contributed by atoms with E-state index < -0.39 is 10.8 Å². The van der Waals surface area contributed by atoms with E-state index >= 15 is 0 Å². The molecular weight excluding hydrogens is 358 g/mol. The first kappa shape index (κ1) is 17.1. The maximum Gasteiger partial charge on any atom is 0.269 e. The first-order chi connectivity index (χ1) is 12.5. The van der Waals surface area contributed by atoms with Crippen molar-refractivity contribution in [1.82, 2.24) is 9.78 Å². The molecule has 26 heavy (non-hydrogen) atoms. The maximum absolute atomic E-state index is 12.3. The number of non-ortho nitro benzene ring substituents is 1. The number of carbonyl (C=O) groups is 1. The second-order valence-electron chi connectivity index (χ2n) is 5.21. The van der Waals surface area contributed by atoms with Crippen molar-refractivity contribution in [2.24, 2.45) is 0 Å². The van der Waals surface area contributed by atoms with Crippen LogP contribution in [0.1, 0.15) is 15.9 Å². The average molecular weight is 368 g/mol. The fourth-order valence-corrected chi connectivity index (χ4v) is 2.42. The summed E-state index contributed by atoms with van der Waals surface area (Å²) in [5.41, 5.74) is 1.61. The van der Waals surface area contributed by atoms with Gasteiger partial charge in [-0.15, -0.1) is 0 Å². The molecule has 0 saturated heterocycles. The van der Waals surface area contributed by atoms with Crippen molar-refractivity contribution >= 4 is 28.9 Å². The molecule has 1 N–H and O–H groups in total. The second-order valence-corrected chi connectivity index (χ2v) is 5.61. The number of nitro benzene ring substituents is 1. The van der Waals surface area contributed by atoms with Crippen molar-refractivity contribution in [1.29, 1.82) is 5.26 Å². The Morgan fingerprint density at radius 1 is 1.27 bits per heavy atom. The summed E-state index contributed by atoms with van der Waals surface area (Å²) >= 11 is 5.94. The number of nitriles is 1. The number of halogens is 1. The number of anilines is 1. The van der Waals surface area contributed by atoms with Crippen LogP contribution in [0.5, 0.6) is 0 Å². The highest BCUT2D eigenvalue weighted by Gasteiger charge is 2.12. The number of rotatable bonds is 4. The third-order valence-electron chi connectivity index (χ3n) is 3.52. The van der Waals surface area contributed by atoms with Crippen molar-refractivity contribution in [2.75, 3.05) is 5.32 Å². The lowest BCUT2D eigenvalue weighted by Gasteiger charge is -2.04. The molecule has 0 bridgehead atoms. The summed E-state index contributed by atoms with van der Waals surface area (Å²) in [4.78, 5) is 22.5.